The number of aromatic nitrogens is 1. The highest BCUT2D eigenvalue weighted by atomic mass is 35.5. The number of carbonyl (C=O) groups is 1. The van der Waals surface area contributed by atoms with Crippen molar-refractivity contribution in [3.05, 3.63) is 69.1 Å². The zero-order chi connectivity index (χ0) is 18.0. The number of pyridine rings is 1. The molecule has 1 heterocycles. The Morgan fingerprint density at radius 1 is 1.20 bits per heavy atom. The van der Waals surface area contributed by atoms with Gasteiger partial charge < -0.3 is 10.3 Å². The molecule has 1 amide bonds. The second-order valence-corrected chi connectivity index (χ2v) is 5.92. The smallest absolute Gasteiger partial charge is 0.255 e. The van der Waals surface area contributed by atoms with Crippen LogP contribution in [0, 0.1) is 6.92 Å². The van der Waals surface area contributed by atoms with Gasteiger partial charge in [-0.25, -0.2) is 0 Å². The molecule has 0 radical (unpaired) electrons. The van der Waals surface area contributed by atoms with Gasteiger partial charge >= 0.3 is 0 Å². The quantitative estimate of drug-likeness (QED) is 0.621. The van der Waals surface area contributed by atoms with E-state index in [9.17, 15) is 9.59 Å². The molecule has 1 aromatic heterocycles. The Labute approximate surface area is 148 Å². The molecule has 7 heteroatoms. The molecule has 128 valence electrons. The maximum absolute atomic E-state index is 12.6. The summed E-state index contributed by atoms with van der Waals surface area (Å²) in [6.07, 6.45) is 1.55. The van der Waals surface area contributed by atoms with Crippen LogP contribution >= 0.6 is 11.6 Å². The number of rotatable bonds is 4. The lowest BCUT2D eigenvalue weighted by Crippen LogP contribution is -2.14. The highest BCUT2D eigenvalue weighted by Crippen LogP contribution is 2.27. The first-order valence-corrected chi connectivity index (χ1v) is 7.89. The lowest BCUT2D eigenvalue weighted by molar-refractivity contribution is 0.102. The van der Waals surface area contributed by atoms with Gasteiger partial charge in [0.25, 0.3) is 11.5 Å². The molecular formula is C18H16ClN3O3. The summed E-state index contributed by atoms with van der Waals surface area (Å²) in [4.78, 5) is 31.8. The highest BCUT2D eigenvalue weighted by Gasteiger charge is 2.13. The zero-order valence-electron chi connectivity index (χ0n) is 13.6. The van der Waals surface area contributed by atoms with Crippen LogP contribution in [0.1, 0.15) is 15.9 Å². The van der Waals surface area contributed by atoms with Crippen LogP contribution in [0.2, 0.25) is 5.02 Å². The summed E-state index contributed by atoms with van der Waals surface area (Å²) in [7, 11) is 1.52. The largest absolute Gasteiger partial charge is 0.329 e. The fourth-order valence-electron chi connectivity index (χ4n) is 2.59. The predicted octanol–water partition coefficient (Wildman–Crippen LogP) is 3.72. The third kappa shape index (κ3) is 3.50. The number of hydrogen-bond donors (Lipinski definition) is 3. The Morgan fingerprint density at radius 2 is 2.00 bits per heavy atom. The molecule has 0 fully saturated rings. The number of anilines is 2. The zero-order valence-corrected chi connectivity index (χ0v) is 14.4. The Morgan fingerprint density at radius 3 is 2.72 bits per heavy atom. The van der Waals surface area contributed by atoms with Gasteiger partial charge in [0.05, 0.1) is 23.5 Å². The number of carbonyl (C=O) groups excluding carboxylic acids is 1. The summed E-state index contributed by atoms with van der Waals surface area (Å²) in [5, 5.41) is 4.26. The standard InChI is InChI=1S/C18H16ClN3O3/c1-10-7-12(22-25-2)3-4-13(10)18(24)21-16-8-11-5-6-20-17(23)14(11)9-15(16)19/h3-9,22H,1-2H3,(H,20,23)(H,21,24). The maximum Gasteiger partial charge on any atom is 0.255 e. The van der Waals surface area contributed by atoms with Gasteiger partial charge in [-0.05, 0) is 54.3 Å². The summed E-state index contributed by atoms with van der Waals surface area (Å²) in [5.74, 6) is -0.285. The van der Waals surface area contributed by atoms with E-state index in [0.29, 0.717) is 27.0 Å². The van der Waals surface area contributed by atoms with E-state index < -0.39 is 0 Å². The van der Waals surface area contributed by atoms with Gasteiger partial charge in [0.15, 0.2) is 0 Å². The van der Waals surface area contributed by atoms with E-state index in [1.54, 1.807) is 42.6 Å². The molecule has 6 nitrogen and oxygen atoms in total. The minimum atomic E-state index is -0.285. The monoisotopic (exact) mass is 357 g/mol. The Hall–Kier alpha value is -2.83. The minimum Gasteiger partial charge on any atom is -0.329 e. The summed E-state index contributed by atoms with van der Waals surface area (Å²) in [6.45, 7) is 1.83. The molecule has 0 bridgehead atoms. The second kappa shape index (κ2) is 6.96. The van der Waals surface area contributed by atoms with Crippen molar-refractivity contribution in [2.75, 3.05) is 17.9 Å². The Kier molecular flexibility index (Phi) is 4.74. The van der Waals surface area contributed by atoms with E-state index in [1.165, 1.54) is 7.11 Å². The van der Waals surface area contributed by atoms with Gasteiger partial charge in [0.2, 0.25) is 0 Å². The number of halogens is 1. The Balaban J connectivity index is 1.92. The molecule has 2 aromatic carbocycles. The molecule has 3 rings (SSSR count). The molecule has 25 heavy (non-hydrogen) atoms. The van der Waals surface area contributed by atoms with Crippen LogP contribution in [0.15, 0.2) is 47.4 Å². The SMILES string of the molecule is CONc1ccc(C(=O)Nc2cc3cc[nH]c(=O)c3cc2Cl)c(C)c1. The van der Waals surface area contributed by atoms with Crippen LogP contribution in [-0.4, -0.2) is 18.0 Å². The van der Waals surface area contributed by atoms with E-state index in [-0.39, 0.29) is 11.5 Å². The number of benzene rings is 2. The van der Waals surface area contributed by atoms with Crippen LogP contribution in [0.5, 0.6) is 0 Å². The van der Waals surface area contributed by atoms with Crippen LogP contribution in [-0.2, 0) is 4.84 Å². The molecule has 3 aromatic rings. The van der Waals surface area contributed by atoms with Gasteiger partial charge in [-0.1, -0.05) is 11.6 Å². The van der Waals surface area contributed by atoms with Crippen LogP contribution in [0.25, 0.3) is 10.8 Å². The molecule has 0 unspecified atom stereocenters. The molecule has 0 aliphatic rings. The summed E-state index contributed by atoms with van der Waals surface area (Å²) in [5.41, 5.74) is 4.99. The van der Waals surface area contributed by atoms with Crippen molar-refractivity contribution in [3.63, 3.8) is 0 Å². The molecule has 0 aliphatic carbocycles. The van der Waals surface area contributed by atoms with Crippen LogP contribution < -0.4 is 16.4 Å². The van der Waals surface area contributed by atoms with E-state index in [0.717, 1.165) is 11.3 Å². The maximum atomic E-state index is 12.6. The first-order valence-electron chi connectivity index (χ1n) is 7.51. The summed E-state index contributed by atoms with van der Waals surface area (Å²) in [6, 6.07) is 10.2. The van der Waals surface area contributed by atoms with Crippen molar-refractivity contribution < 1.29 is 9.63 Å². The van der Waals surface area contributed by atoms with E-state index >= 15 is 0 Å². The molecule has 0 saturated carbocycles. The molecule has 0 atom stereocenters. The fourth-order valence-corrected chi connectivity index (χ4v) is 2.81. The van der Waals surface area contributed by atoms with Crippen molar-refractivity contribution in [1.82, 2.24) is 4.98 Å². The van der Waals surface area contributed by atoms with Crippen molar-refractivity contribution in [1.29, 1.82) is 0 Å². The molecular weight excluding hydrogens is 342 g/mol. The average Bonchev–Trinajstić information content (AvgIpc) is 2.57. The van der Waals surface area contributed by atoms with Crippen LogP contribution in [0.3, 0.4) is 0 Å². The lowest BCUT2D eigenvalue weighted by Gasteiger charge is -2.11. The average molecular weight is 358 g/mol. The topological polar surface area (TPSA) is 83.2 Å². The van der Waals surface area contributed by atoms with E-state index in [1.807, 2.05) is 6.92 Å². The highest BCUT2D eigenvalue weighted by molar-refractivity contribution is 6.34. The molecule has 3 N–H and O–H groups in total. The fraction of sp³-hybridized carbons (Fsp3) is 0.111. The number of amides is 1. The number of aryl methyl sites for hydroxylation is 1. The van der Waals surface area contributed by atoms with Gasteiger partial charge in [-0.2, -0.15) is 0 Å². The normalized spacial score (nSPS) is 10.7. The lowest BCUT2D eigenvalue weighted by atomic mass is 10.1. The second-order valence-electron chi connectivity index (χ2n) is 5.52. The van der Waals surface area contributed by atoms with Gasteiger partial charge in [-0.3, -0.25) is 19.9 Å². The van der Waals surface area contributed by atoms with Gasteiger partial charge in [0, 0.05) is 17.1 Å². The van der Waals surface area contributed by atoms with E-state index in [4.69, 9.17) is 16.4 Å². The number of hydrogen-bond acceptors (Lipinski definition) is 4. The first kappa shape index (κ1) is 17.0. The third-order valence-corrected chi connectivity index (χ3v) is 4.11. The summed E-state index contributed by atoms with van der Waals surface area (Å²) >= 11 is 6.22. The molecule has 0 saturated heterocycles. The Bertz CT molecular complexity index is 1010. The van der Waals surface area contributed by atoms with Crippen molar-refractivity contribution in [2.45, 2.75) is 6.92 Å². The molecule has 0 aliphatic heterocycles. The van der Waals surface area contributed by atoms with E-state index in [2.05, 4.69) is 15.8 Å². The number of nitrogens with one attached hydrogen (secondary N) is 3. The van der Waals surface area contributed by atoms with Gasteiger partial charge in [0.1, 0.15) is 0 Å². The first-order chi connectivity index (χ1) is 12.0. The van der Waals surface area contributed by atoms with Crippen LogP contribution in [0.4, 0.5) is 11.4 Å². The van der Waals surface area contributed by atoms with Crippen molar-refractivity contribution in [3.8, 4) is 0 Å². The minimum absolute atomic E-state index is 0.227. The van der Waals surface area contributed by atoms with Gasteiger partial charge in [-0.15, -0.1) is 0 Å². The number of fused-ring (bicyclic) bond motifs is 1. The number of H-pyrrole nitrogens is 1. The number of aromatic amines is 1. The third-order valence-electron chi connectivity index (χ3n) is 3.80. The predicted molar refractivity (Wildman–Crippen MR) is 99.3 cm³/mol. The van der Waals surface area contributed by atoms with Crippen molar-refractivity contribution in [2.24, 2.45) is 0 Å². The summed E-state index contributed by atoms with van der Waals surface area (Å²) < 4.78 is 0. The molecule has 0 spiro atoms. The van der Waals surface area contributed by atoms with Crippen molar-refractivity contribution >= 4 is 39.7 Å².